The summed E-state index contributed by atoms with van der Waals surface area (Å²) >= 11 is 0. The van der Waals surface area contributed by atoms with Crippen molar-refractivity contribution in [1.29, 1.82) is 0 Å². The van der Waals surface area contributed by atoms with Gasteiger partial charge in [0.05, 0.1) is 0 Å². The van der Waals surface area contributed by atoms with Gasteiger partial charge in [-0.15, -0.1) is 0 Å². The first-order valence-electron chi connectivity index (χ1n) is 5.26. The first-order chi connectivity index (χ1) is 5.81. The van der Waals surface area contributed by atoms with Crippen LogP contribution < -0.4 is 5.32 Å². The van der Waals surface area contributed by atoms with Crippen molar-refractivity contribution in [2.24, 2.45) is 11.8 Å². The monoisotopic (exact) mass is 168 g/mol. The van der Waals surface area contributed by atoms with Crippen molar-refractivity contribution in [3.63, 3.8) is 0 Å². The molecule has 0 spiro atoms. The Hall–Kier alpha value is -0.0800. The number of hydrogen-bond donors (Lipinski definition) is 1. The maximum absolute atomic E-state index is 3.48. The van der Waals surface area contributed by atoms with E-state index in [0.717, 1.165) is 17.9 Å². The lowest BCUT2D eigenvalue weighted by atomic mass is 10.0. The van der Waals surface area contributed by atoms with Crippen LogP contribution in [0.2, 0.25) is 0 Å². The zero-order chi connectivity index (χ0) is 8.55. The third-order valence-corrected chi connectivity index (χ3v) is 3.63. The lowest BCUT2D eigenvalue weighted by Crippen LogP contribution is -2.33. The molecule has 2 heterocycles. The predicted molar refractivity (Wildman–Crippen MR) is 51.2 cm³/mol. The van der Waals surface area contributed by atoms with Crippen LogP contribution in [0.1, 0.15) is 20.3 Å². The van der Waals surface area contributed by atoms with Crippen molar-refractivity contribution in [1.82, 2.24) is 10.2 Å². The molecule has 2 aliphatic rings. The molecule has 2 rings (SSSR count). The largest absolute Gasteiger partial charge is 0.316 e. The van der Waals surface area contributed by atoms with Gasteiger partial charge in [-0.3, -0.25) is 0 Å². The molecule has 3 atom stereocenters. The quantitative estimate of drug-likeness (QED) is 0.660. The van der Waals surface area contributed by atoms with Gasteiger partial charge in [-0.05, 0) is 38.3 Å². The highest BCUT2D eigenvalue weighted by Crippen LogP contribution is 2.27. The van der Waals surface area contributed by atoms with Gasteiger partial charge in [0.2, 0.25) is 0 Å². The highest BCUT2D eigenvalue weighted by molar-refractivity contribution is 4.92. The summed E-state index contributed by atoms with van der Waals surface area (Å²) in [6, 6.07) is 0.801. The van der Waals surface area contributed by atoms with Crippen LogP contribution in [0.15, 0.2) is 0 Å². The Morgan fingerprint density at radius 3 is 2.42 bits per heavy atom. The Balaban J connectivity index is 1.90. The minimum atomic E-state index is 0.801. The van der Waals surface area contributed by atoms with Crippen molar-refractivity contribution in [3.8, 4) is 0 Å². The molecule has 2 heteroatoms. The van der Waals surface area contributed by atoms with Crippen molar-refractivity contribution < 1.29 is 0 Å². The Kier molecular flexibility index (Phi) is 2.37. The van der Waals surface area contributed by atoms with Crippen molar-refractivity contribution >= 4 is 0 Å². The fraction of sp³-hybridized carbons (Fsp3) is 1.00. The molecule has 0 bridgehead atoms. The molecule has 0 amide bonds. The van der Waals surface area contributed by atoms with Crippen LogP contribution in [-0.2, 0) is 0 Å². The lowest BCUT2D eigenvalue weighted by Gasteiger charge is -2.23. The molecule has 1 N–H and O–H groups in total. The molecule has 0 aromatic rings. The Labute approximate surface area is 75.3 Å². The van der Waals surface area contributed by atoms with Crippen LogP contribution in [-0.4, -0.2) is 37.1 Å². The van der Waals surface area contributed by atoms with E-state index < -0.39 is 0 Å². The number of nitrogens with one attached hydrogen (secondary N) is 1. The Morgan fingerprint density at radius 1 is 1.33 bits per heavy atom. The van der Waals surface area contributed by atoms with E-state index in [9.17, 15) is 0 Å². The van der Waals surface area contributed by atoms with E-state index >= 15 is 0 Å². The smallest absolute Gasteiger partial charge is 0.00645 e. The molecule has 2 aliphatic heterocycles. The SMILES string of the molecule is CCC(C)N1C[C@H]2CNC[C@H]2C1. The van der Waals surface area contributed by atoms with Crippen molar-refractivity contribution in [2.75, 3.05) is 26.2 Å². The fourth-order valence-corrected chi connectivity index (χ4v) is 2.51. The van der Waals surface area contributed by atoms with E-state index in [1.165, 1.54) is 32.6 Å². The average Bonchev–Trinajstić information content (AvgIpc) is 2.60. The highest BCUT2D eigenvalue weighted by atomic mass is 15.2. The zero-order valence-electron chi connectivity index (χ0n) is 8.21. The van der Waals surface area contributed by atoms with Crippen LogP contribution in [0.4, 0.5) is 0 Å². The van der Waals surface area contributed by atoms with Crippen LogP contribution >= 0.6 is 0 Å². The van der Waals surface area contributed by atoms with Crippen LogP contribution in [0.5, 0.6) is 0 Å². The zero-order valence-corrected chi connectivity index (χ0v) is 8.21. The molecule has 2 nitrogen and oxygen atoms in total. The van der Waals surface area contributed by atoms with Crippen molar-refractivity contribution in [3.05, 3.63) is 0 Å². The summed E-state index contributed by atoms with van der Waals surface area (Å²) in [4.78, 5) is 2.66. The molecule has 2 fully saturated rings. The number of rotatable bonds is 2. The van der Waals surface area contributed by atoms with E-state index in [1.54, 1.807) is 0 Å². The molecule has 0 radical (unpaired) electrons. The molecule has 70 valence electrons. The van der Waals surface area contributed by atoms with Crippen LogP contribution in [0, 0.1) is 11.8 Å². The van der Waals surface area contributed by atoms with Crippen molar-refractivity contribution in [2.45, 2.75) is 26.3 Å². The van der Waals surface area contributed by atoms with Gasteiger partial charge < -0.3 is 10.2 Å². The van der Waals surface area contributed by atoms with Gasteiger partial charge in [0.25, 0.3) is 0 Å². The molecule has 0 aromatic heterocycles. The summed E-state index contributed by atoms with van der Waals surface area (Å²) in [7, 11) is 0. The minimum absolute atomic E-state index is 0.801. The van der Waals surface area contributed by atoms with Crippen LogP contribution in [0.25, 0.3) is 0 Å². The van der Waals surface area contributed by atoms with E-state index in [4.69, 9.17) is 0 Å². The third-order valence-electron chi connectivity index (χ3n) is 3.63. The predicted octanol–water partition coefficient (Wildman–Crippen LogP) is 0.936. The first kappa shape index (κ1) is 8.52. The topological polar surface area (TPSA) is 15.3 Å². The summed E-state index contributed by atoms with van der Waals surface area (Å²) in [6.07, 6.45) is 1.30. The second-order valence-electron chi connectivity index (χ2n) is 4.39. The van der Waals surface area contributed by atoms with E-state index in [0.29, 0.717) is 0 Å². The first-order valence-corrected chi connectivity index (χ1v) is 5.26. The minimum Gasteiger partial charge on any atom is -0.316 e. The van der Waals surface area contributed by atoms with Gasteiger partial charge in [-0.1, -0.05) is 6.92 Å². The number of likely N-dealkylation sites (tertiary alicyclic amines) is 1. The molecular weight excluding hydrogens is 148 g/mol. The number of nitrogens with zero attached hydrogens (tertiary/aromatic N) is 1. The second kappa shape index (κ2) is 3.35. The van der Waals surface area contributed by atoms with E-state index in [-0.39, 0.29) is 0 Å². The van der Waals surface area contributed by atoms with Crippen LogP contribution in [0.3, 0.4) is 0 Å². The maximum atomic E-state index is 3.48. The standard InChI is InChI=1S/C10H20N2/c1-3-8(2)12-6-9-4-11-5-10(9)7-12/h8-11H,3-7H2,1-2H3/t8?,9-,10+. The fourth-order valence-electron chi connectivity index (χ4n) is 2.51. The molecule has 0 aromatic carbocycles. The summed E-state index contributed by atoms with van der Waals surface area (Å²) < 4.78 is 0. The summed E-state index contributed by atoms with van der Waals surface area (Å²) in [5, 5.41) is 3.48. The lowest BCUT2D eigenvalue weighted by molar-refractivity contribution is 0.235. The van der Waals surface area contributed by atoms with E-state index in [1.807, 2.05) is 0 Å². The average molecular weight is 168 g/mol. The summed E-state index contributed by atoms with van der Waals surface area (Å²) in [5.41, 5.74) is 0. The normalized spacial score (nSPS) is 38.5. The van der Waals surface area contributed by atoms with Gasteiger partial charge in [-0.25, -0.2) is 0 Å². The van der Waals surface area contributed by atoms with Gasteiger partial charge in [0.15, 0.2) is 0 Å². The molecule has 0 aliphatic carbocycles. The van der Waals surface area contributed by atoms with E-state index in [2.05, 4.69) is 24.1 Å². The molecule has 12 heavy (non-hydrogen) atoms. The molecule has 0 saturated carbocycles. The van der Waals surface area contributed by atoms with Gasteiger partial charge in [-0.2, -0.15) is 0 Å². The van der Waals surface area contributed by atoms with Gasteiger partial charge in [0, 0.05) is 19.1 Å². The molecule has 2 saturated heterocycles. The summed E-state index contributed by atoms with van der Waals surface area (Å²) in [6.45, 7) is 9.85. The summed E-state index contributed by atoms with van der Waals surface area (Å²) in [5.74, 6) is 1.91. The molecule has 1 unspecified atom stereocenters. The Morgan fingerprint density at radius 2 is 1.92 bits per heavy atom. The number of hydrogen-bond acceptors (Lipinski definition) is 2. The third kappa shape index (κ3) is 1.38. The Bertz CT molecular complexity index is 146. The van der Waals surface area contributed by atoms with Gasteiger partial charge >= 0.3 is 0 Å². The maximum Gasteiger partial charge on any atom is 0.00645 e. The number of fused-ring (bicyclic) bond motifs is 1. The highest BCUT2D eigenvalue weighted by Gasteiger charge is 2.37. The second-order valence-corrected chi connectivity index (χ2v) is 4.39. The van der Waals surface area contributed by atoms with Gasteiger partial charge in [0.1, 0.15) is 0 Å². The molecular formula is C10H20N2.